The number of halogens is 13. The van der Waals surface area contributed by atoms with Crippen LogP contribution in [0, 0.1) is 0 Å². The molecule has 45 heavy (non-hydrogen) atoms. The first-order valence-corrected chi connectivity index (χ1v) is 17.3. The van der Waals surface area contributed by atoms with E-state index in [0.717, 1.165) is 13.1 Å². The van der Waals surface area contributed by atoms with Gasteiger partial charge in [-0.2, -0.15) is 0 Å². The van der Waals surface area contributed by atoms with Crippen LogP contribution in [0.3, 0.4) is 0 Å². The number of rotatable bonds is 17. The minimum absolute atomic E-state index is 0.125. The van der Waals surface area contributed by atoms with Gasteiger partial charge in [0.25, 0.3) is 0 Å². The van der Waals surface area contributed by atoms with Crippen molar-refractivity contribution in [2.75, 3.05) is 26.2 Å². The standard InChI is InChI=1S/C17H24N5O.C8H4F13.Sn/c1-4-21(5-2)12-11-18-16(23)13-22-17(14(3)19-20-22)15-9-7-6-8-10-15;1-2-3(9,10)4(11,12)5(13,14)6(15,16)7(17,18)8(19,20)21;/h6-10H,3-5,11-13H2,1-2H3,(H,18,23);1-2H2;. The molecule has 0 unspecified atom stereocenters. The van der Waals surface area contributed by atoms with Crippen LogP contribution in [0.25, 0.3) is 11.3 Å². The van der Waals surface area contributed by atoms with Gasteiger partial charge in [-0.1, -0.05) is 0 Å². The normalized spacial score (nSPS) is 13.9. The predicted octanol–water partition coefficient (Wildman–Crippen LogP) is 6.15. The van der Waals surface area contributed by atoms with E-state index in [9.17, 15) is 61.9 Å². The van der Waals surface area contributed by atoms with Gasteiger partial charge in [0.05, 0.1) is 0 Å². The summed E-state index contributed by atoms with van der Waals surface area (Å²) in [5, 5.41) is 10.5. The summed E-state index contributed by atoms with van der Waals surface area (Å²) >= 11 is -2.35. The van der Waals surface area contributed by atoms with Crippen LogP contribution >= 0.6 is 0 Å². The van der Waals surface area contributed by atoms with E-state index >= 15 is 0 Å². The Bertz CT molecular complexity index is 1250. The number of aromatic nitrogens is 3. The zero-order valence-electron chi connectivity index (χ0n) is 23.7. The summed E-state index contributed by atoms with van der Waals surface area (Å²) in [6.07, 6.45) is -9.65. The molecule has 6 nitrogen and oxygen atoms in total. The van der Waals surface area contributed by atoms with Gasteiger partial charge in [-0.05, 0) is 0 Å². The maximum absolute atomic E-state index is 14.2. The Morgan fingerprint density at radius 1 is 0.844 bits per heavy atom. The number of carbonyl (C=O) groups excluding carboxylic acids is 1. The number of benzene rings is 1. The molecule has 1 aromatic carbocycles. The molecule has 0 saturated carbocycles. The van der Waals surface area contributed by atoms with Crippen LogP contribution < -0.4 is 5.32 Å². The molecule has 0 spiro atoms. The fourth-order valence-electron chi connectivity index (χ4n) is 3.99. The Hall–Kier alpha value is -2.32. The van der Waals surface area contributed by atoms with Crippen LogP contribution in [0.1, 0.15) is 26.0 Å². The van der Waals surface area contributed by atoms with Crippen molar-refractivity contribution in [1.29, 1.82) is 0 Å². The van der Waals surface area contributed by atoms with Crippen molar-refractivity contribution >= 4 is 27.0 Å². The van der Waals surface area contributed by atoms with E-state index in [-0.39, 0.29) is 22.4 Å². The molecule has 2 aromatic rings. The summed E-state index contributed by atoms with van der Waals surface area (Å²) in [4.78, 5) is 14.6. The molecule has 1 N–H and O–H groups in total. The Kier molecular flexibility index (Phi) is 12.6. The molecule has 2 radical (unpaired) electrons. The number of nitrogens with zero attached hydrogens (tertiary/aromatic N) is 4. The van der Waals surface area contributed by atoms with E-state index in [1.807, 2.05) is 13.8 Å². The number of alkyl halides is 13. The summed E-state index contributed by atoms with van der Waals surface area (Å²) in [6.45, 7) is 5.96. The van der Waals surface area contributed by atoms with E-state index in [1.54, 1.807) is 30.3 Å². The van der Waals surface area contributed by atoms with E-state index < -0.39 is 73.7 Å². The van der Waals surface area contributed by atoms with Crippen molar-refractivity contribution in [3.05, 3.63) is 36.0 Å². The number of hydrogen-bond donors (Lipinski definition) is 1. The van der Waals surface area contributed by atoms with Crippen molar-refractivity contribution in [3.63, 3.8) is 0 Å². The molecule has 1 aromatic heterocycles. The average molecular weight is 780 g/mol. The van der Waals surface area contributed by atoms with Crippen molar-refractivity contribution in [2.24, 2.45) is 0 Å². The first kappa shape index (κ1) is 38.9. The predicted molar refractivity (Wildman–Crippen MR) is 136 cm³/mol. The molecular weight excluding hydrogens is 752 g/mol. The van der Waals surface area contributed by atoms with Gasteiger partial charge in [0.1, 0.15) is 0 Å². The van der Waals surface area contributed by atoms with Gasteiger partial charge in [-0.25, -0.2) is 0 Å². The van der Waals surface area contributed by atoms with Gasteiger partial charge in [0.2, 0.25) is 0 Å². The number of amides is 1. The van der Waals surface area contributed by atoms with Crippen molar-refractivity contribution in [1.82, 2.24) is 25.2 Å². The minimum atomic E-state index is -7.91. The molecule has 1 heterocycles. The van der Waals surface area contributed by atoms with E-state index in [0.29, 0.717) is 18.7 Å². The molecule has 0 atom stereocenters. The van der Waals surface area contributed by atoms with Gasteiger partial charge in [0.15, 0.2) is 0 Å². The number of carbonyl (C=O) groups is 1. The Labute approximate surface area is 258 Å². The summed E-state index contributed by atoms with van der Waals surface area (Å²) in [7, 11) is 0. The third-order valence-electron chi connectivity index (χ3n) is 6.70. The maximum atomic E-state index is 14.2. The van der Waals surface area contributed by atoms with Crippen LogP contribution in [-0.2, 0) is 15.8 Å². The van der Waals surface area contributed by atoms with Crippen molar-refractivity contribution in [2.45, 2.75) is 71.5 Å². The molecule has 0 bridgehead atoms. The molecule has 0 saturated heterocycles. The van der Waals surface area contributed by atoms with Gasteiger partial charge < -0.3 is 0 Å². The topological polar surface area (TPSA) is 63.1 Å². The van der Waals surface area contributed by atoms with Crippen molar-refractivity contribution in [3.8, 4) is 11.3 Å². The zero-order chi connectivity index (χ0) is 34.5. The van der Waals surface area contributed by atoms with Crippen LogP contribution in [0.5, 0.6) is 0 Å². The molecule has 0 fully saturated rings. The van der Waals surface area contributed by atoms with Crippen LogP contribution in [0.15, 0.2) is 30.3 Å². The van der Waals surface area contributed by atoms with E-state index in [4.69, 9.17) is 0 Å². The summed E-state index contributed by atoms with van der Waals surface area (Å²) in [5.41, 5.74) is 0.852. The first-order chi connectivity index (χ1) is 20.6. The van der Waals surface area contributed by atoms with Gasteiger partial charge in [0, 0.05) is 0 Å². The third-order valence-corrected chi connectivity index (χ3v) is 10.1. The van der Waals surface area contributed by atoms with E-state index in [1.165, 1.54) is 4.68 Å². The summed E-state index contributed by atoms with van der Waals surface area (Å²) in [5.74, 6) is -37.3. The molecule has 1 amide bonds. The summed E-state index contributed by atoms with van der Waals surface area (Å²) < 4.78 is 174. The van der Waals surface area contributed by atoms with Crippen LogP contribution in [0.4, 0.5) is 57.1 Å². The fourth-order valence-corrected chi connectivity index (χ4v) is 7.25. The Balaban J connectivity index is 2.17. The zero-order valence-corrected chi connectivity index (χ0v) is 26.5. The van der Waals surface area contributed by atoms with E-state index in [2.05, 4.69) is 20.5 Å². The third kappa shape index (κ3) is 8.16. The number of nitrogens with one attached hydrogen (secondary N) is 1. The van der Waals surface area contributed by atoms with Gasteiger partial charge in [-0.15, -0.1) is 0 Å². The molecule has 0 aliphatic carbocycles. The number of likely N-dealkylation sites (N-methyl/N-ethyl adjacent to an activating group) is 1. The van der Waals surface area contributed by atoms with Crippen LogP contribution in [-0.4, -0.2) is 109 Å². The fraction of sp³-hybridized carbons (Fsp3) is 0.640. The number of hydrogen-bond acceptors (Lipinski definition) is 4. The Morgan fingerprint density at radius 2 is 1.40 bits per heavy atom. The van der Waals surface area contributed by atoms with Crippen molar-refractivity contribution < 1.29 is 61.9 Å². The second kappa shape index (κ2) is 14.6. The summed E-state index contributed by atoms with van der Waals surface area (Å²) in [6, 6.07) is 8.06. The molecule has 0 aliphatic rings. The Morgan fingerprint density at radius 3 is 1.93 bits per heavy atom. The molecule has 20 heteroatoms. The average Bonchev–Trinajstić information content (AvgIpc) is 3.34. The second-order valence-corrected chi connectivity index (χ2v) is 13.6. The van der Waals surface area contributed by atoms with Crippen LogP contribution in [0.2, 0.25) is 4.44 Å². The molecular formula is C25H28F13N5OSn. The van der Waals surface area contributed by atoms with Gasteiger partial charge in [-0.3, -0.25) is 0 Å². The van der Waals surface area contributed by atoms with Gasteiger partial charge >= 0.3 is 259 Å². The molecule has 254 valence electrons. The second-order valence-electron chi connectivity index (χ2n) is 9.71. The quantitative estimate of drug-likeness (QED) is 0.119. The molecule has 0 aliphatic heterocycles. The first-order valence-electron chi connectivity index (χ1n) is 13.2. The monoisotopic (exact) mass is 781 g/mol. The SMILES string of the molecule is CCN(CC)CCNC(=O)Cn1nnc([CH2][Sn][CH2]CC(F)(F)C(F)(F)C(F)(F)C(F)(F)C(F)(F)C(F)(F)F)c1-c1ccccc1. The molecule has 2 rings (SSSR count).